The zero-order valence-corrected chi connectivity index (χ0v) is 18.5. The van der Waals surface area contributed by atoms with Crippen molar-refractivity contribution in [3.8, 4) is 11.5 Å². The van der Waals surface area contributed by atoms with Crippen molar-refractivity contribution in [3.63, 3.8) is 0 Å². The van der Waals surface area contributed by atoms with Crippen molar-refractivity contribution in [2.45, 2.75) is 33.0 Å². The molecule has 11 heteroatoms. The molecule has 1 saturated heterocycles. The molecule has 2 N–H and O–H groups in total. The molecule has 0 bridgehead atoms. The van der Waals surface area contributed by atoms with Crippen LogP contribution in [0.1, 0.15) is 34.1 Å². The Hall–Kier alpha value is -3.57. The second-order valence-corrected chi connectivity index (χ2v) is 7.91. The Kier molecular flexibility index (Phi) is 6.80. The summed E-state index contributed by atoms with van der Waals surface area (Å²) in [5, 5.41) is 20.6. The number of nitrogens with one attached hydrogen (secondary N) is 1. The number of benzene rings is 1. The molecule has 1 aliphatic heterocycles. The molecule has 0 radical (unpaired) electrons. The molecule has 0 spiro atoms. The van der Waals surface area contributed by atoms with E-state index in [0.717, 1.165) is 6.54 Å². The molecule has 174 valence electrons. The van der Waals surface area contributed by atoms with E-state index in [1.54, 1.807) is 42.2 Å². The minimum absolute atomic E-state index is 0.366. The van der Waals surface area contributed by atoms with Crippen molar-refractivity contribution in [1.82, 2.24) is 30.4 Å². The Morgan fingerprint density at radius 1 is 1.09 bits per heavy atom. The third-order valence-corrected chi connectivity index (χ3v) is 5.52. The molecule has 3 aromatic rings. The van der Waals surface area contributed by atoms with Gasteiger partial charge in [-0.3, -0.25) is 14.5 Å². The molecule has 4 rings (SSSR count). The highest BCUT2D eigenvalue weighted by Gasteiger charge is 2.27. The van der Waals surface area contributed by atoms with Gasteiger partial charge in [0.05, 0.1) is 12.2 Å². The summed E-state index contributed by atoms with van der Waals surface area (Å²) in [7, 11) is 0. The highest BCUT2D eigenvalue weighted by atomic mass is 16.5. The number of nitrogens with zero attached hydrogens (tertiary/aromatic N) is 5. The van der Waals surface area contributed by atoms with Crippen molar-refractivity contribution in [3.05, 3.63) is 53.2 Å². The average Bonchev–Trinajstić information content (AvgIpc) is 3.31. The van der Waals surface area contributed by atoms with Gasteiger partial charge in [-0.2, -0.15) is 4.98 Å². The van der Waals surface area contributed by atoms with Gasteiger partial charge < -0.3 is 24.4 Å². The van der Waals surface area contributed by atoms with Gasteiger partial charge in [0.15, 0.2) is 5.82 Å². The van der Waals surface area contributed by atoms with Crippen molar-refractivity contribution >= 4 is 11.8 Å². The van der Waals surface area contributed by atoms with Gasteiger partial charge in [0.1, 0.15) is 11.3 Å². The van der Waals surface area contributed by atoms with E-state index in [-0.39, 0.29) is 0 Å². The fourth-order valence-corrected chi connectivity index (χ4v) is 3.79. The van der Waals surface area contributed by atoms with E-state index in [1.165, 1.54) is 0 Å². The van der Waals surface area contributed by atoms with Crippen molar-refractivity contribution < 1.29 is 23.7 Å². The van der Waals surface area contributed by atoms with Gasteiger partial charge in [0.2, 0.25) is 6.23 Å². The second kappa shape index (κ2) is 9.92. The highest BCUT2D eigenvalue weighted by Crippen LogP contribution is 2.25. The molecular weight excluding hydrogens is 428 g/mol. The van der Waals surface area contributed by atoms with Crippen LogP contribution in [0.2, 0.25) is 0 Å². The monoisotopic (exact) mass is 454 g/mol. The van der Waals surface area contributed by atoms with Crippen LogP contribution in [0.5, 0.6) is 0 Å². The lowest BCUT2D eigenvalue weighted by molar-refractivity contribution is -0.141. The first kappa shape index (κ1) is 22.6. The number of aliphatic hydroxyl groups excluding tert-OH is 1. The van der Waals surface area contributed by atoms with Crippen molar-refractivity contribution in [2.75, 3.05) is 26.2 Å². The van der Waals surface area contributed by atoms with Crippen molar-refractivity contribution in [1.29, 1.82) is 0 Å². The Bertz CT molecular complexity index is 1090. The summed E-state index contributed by atoms with van der Waals surface area (Å²) < 4.78 is 10.5. The number of carbonyl (C=O) groups is 2. The molecule has 1 atom stereocenters. The lowest BCUT2D eigenvalue weighted by Crippen LogP contribution is -2.49. The Balaban J connectivity index is 1.31. The summed E-state index contributed by atoms with van der Waals surface area (Å²) in [4.78, 5) is 33.0. The van der Waals surface area contributed by atoms with Gasteiger partial charge in [0, 0.05) is 31.7 Å². The number of hydrogen-bond donors (Lipinski definition) is 2. The smallest absolute Gasteiger partial charge is 0.272 e. The Morgan fingerprint density at radius 2 is 1.88 bits per heavy atom. The standard InChI is InChI=1S/C22H26N6O5/c1-14-18(15(2)32-25-14)21-23-17(26-33-21)13-27-9-6-10-28(12-11-27)22(31)20(30)24-19(29)16-7-4-3-5-8-16/h3-5,7-8,20,30H,6,9-13H2,1-2H3,(H,24,29). The maximum absolute atomic E-state index is 12.7. The zero-order valence-electron chi connectivity index (χ0n) is 18.5. The fraction of sp³-hybridized carbons (Fsp3) is 0.409. The lowest BCUT2D eigenvalue weighted by Gasteiger charge is -2.24. The van der Waals surface area contributed by atoms with Crippen molar-refractivity contribution in [2.24, 2.45) is 0 Å². The summed E-state index contributed by atoms with van der Waals surface area (Å²) >= 11 is 0. The van der Waals surface area contributed by atoms with Gasteiger partial charge in [-0.25, -0.2) is 0 Å². The van der Waals surface area contributed by atoms with Crippen LogP contribution in [0.25, 0.3) is 11.5 Å². The first-order valence-electron chi connectivity index (χ1n) is 10.7. The topological polar surface area (TPSA) is 138 Å². The van der Waals surface area contributed by atoms with Crippen LogP contribution in [0, 0.1) is 13.8 Å². The van der Waals surface area contributed by atoms with Crippen LogP contribution in [0.3, 0.4) is 0 Å². The quantitative estimate of drug-likeness (QED) is 0.525. The number of aryl methyl sites for hydroxylation is 2. The SMILES string of the molecule is Cc1noc(C)c1-c1nc(CN2CCCN(C(=O)C(O)NC(=O)c3ccccc3)CC2)no1. The van der Waals surface area contributed by atoms with E-state index in [2.05, 4.69) is 25.5 Å². The van der Waals surface area contributed by atoms with Crippen LogP contribution < -0.4 is 5.32 Å². The molecule has 1 fully saturated rings. The second-order valence-electron chi connectivity index (χ2n) is 7.91. The first-order valence-corrected chi connectivity index (χ1v) is 10.7. The summed E-state index contributed by atoms with van der Waals surface area (Å²) in [6, 6.07) is 8.45. The third-order valence-electron chi connectivity index (χ3n) is 5.52. The van der Waals surface area contributed by atoms with Gasteiger partial charge in [-0.15, -0.1) is 0 Å². The van der Waals surface area contributed by atoms with E-state index in [0.29, 0.717) is 66.9 Å². The Labute approximate surface area is 190 Å². The molecule has 1 aromatic carbocycles. The van der Waals surface area contributed by atoms with Gasteiger partial charge in [-0.05, 0) is 32.4 Å². The van der Waals surface area contributed by atoms with Crippen LogP contribution in [-0.2, 0) is 11.3 Å². The first-order chi connectivity index (χ1) is 15.9. The molecule has 1 aliphatic rings. The highest BCUT2D eigenvalue weighted by molar-refractivity contribution is 5.97. The van der Waals surface area contributed by atoms with Crippen LogP contribution in [-0.4, -0.2) is 74.4 Å². The van der Waals surface area contributed by atoms with Gasteiger partial charge in [-0.1, -0.05) is 28.5 Å². The molecule has 2 amide bonds. The van der Waals surface area contributed by atoms with E-state index >= 15 is 0 Å². The predicted molar refractivity (Wildman–Crippen MR) is 116 cm³/mol. The van der Waals surface area contributed by atoms with Crippen LogP contribution in [0.15, 0.2) is 39.4 Å². The molecule has 0 aliphatic carbocycles. The maximum atomic E-state index is 12.7. The average molecular weight is 454 g/mol. The molecule has 3 heterocycles. The minimum Gasteiger partial charge on any atom is -0.365 e. The number of rotatable bonds is 6. The van der Waals surface area contributed by atoms with E-state index in [9.17, 15) is 14.7 Å². The molecular formula is C22H26N6O5. The van der Waals surface area contributed by atoms with Gasteiger partial charge >= 0.3 is 0 Å². The zero-order chi connectivity index (χ0) is 23.4. The third kappa shape index (κ3) is 5.26. The minimum atomic E-state index is -1.60. The number of aromatic nitrogens is 3. The summed E-state index contributed by atoms with van der Waals surface area (Å²) in [5.41, 5.74) is 1.76. The number of carbonyl (C=O) groups excluding carboxylic acids is 2. The lowest BCUT2D eigenvalue weighted by atomic mass is 10.2. The number of amides is 2. The number of aliphatic hydroxyl groups is 1. The maximum Gasteiger partial charge on any atom is 0.272 e. The molecule has 1 unspecified atom stereocenters. The molecule has 11 nitrogen and oxygen atoms in total. The number of hydrogen-bond acceptors (Lipinski definition) is 9. The fourth-order valence-electron chi connectivity index (χ4n) is 3.79. The summed E-state index contributed by atoms with van der Waals surface area (Å²) in [6.45, 7) is 6.24. The Morgan fingerprint density at radius 3 is 2.61 bits per heavy atom. The molecule has 2 aromatic heterocycles. The normalized spacial score (nSPS) is 15.8. The van der Waals surface area contributed by atoms with Gasteiger partial charge in [0.25, 0.3) is 17.7 Å². The van der Waals surface area contributed by atoms with E-state index in [4.69, 9.17) is 9.05 Å². The van der Waals surface area contributed by atoms with E-state index in [1.807, 2.05) is 6.92 Å². The predicted octanol–water partition coefficient (Wildman–Crippen LogP) is 1.12. The van der Waals surface area contributed by atoms with Crippen LogP contribution in [0.4, 0.5) is 0 Å². The largest absolute Gasteiger partial charge is 0.365 e. The van der Waals surface area contributed by atoms with E-state index < -0.39 is 18.0 Å². The molecule has 33 heavy (non-hydrogen) atoms. The summed E-state index contributed by atoms with van der Waals surface area (Å²) in [5.74, 6) is 0.482. The molecule has 0 saturated carbocycles. The summed E-state index contributed by atoms with van der Waals surface area (Å²) in [6.07, 6.45) is -0.890. The van der Waals surface area contributed by atoms with Crippen LogP contribution >= 0.6 is 0 Å².